The largest absolute Gasteiger partial charge is 0.426 e. The Morgan fingerprint density at radius 1 is 0.947 bits per heavy atom. The first kappa shape index (κ1) is 15.6. The monoisotopic (exact) mass is 284 g/mol. The second-order valence-electron chi connectivity index (χ2n) is 3.98. The number of rotatable bonds is 3. The van der Waals surface area contributed by atoms with Crippen LogP contribution in [-0.2, 0) is 6.42 Å². The number of hydrogen-bond acceptors (Lipinski definition) is 1. The van der Waals surface area contributed by atoms with Crippen molar-refractivity contribution in [2.24, 2.45) is 0 Å². The Kier molecular flexibility index (Phi) is 4.00. The highest BCUT2D eigenvalue weighted by atomic mass is 19.4. The Balaban J connectivity index is 3.12. The first-order valence-electron chi connectivity index (χ1n) is 5.08. The van der Waals surface area contributed by atoms with Gasteiger partial charge in [-0.1, -0.05) is 36.9 Å². The predicted molar refractivity (Wildman–Crippen MR) is 57.3 cm³/mol. The van der Waals surface area contributed by atoms with Gasteiger partial charge in [-0.2, -0.15) is 26.3 Å². The van der Waals surface area contributed by atoms with Crippen LogP contribution >= 0.6 is 0 Å². The van der Waals surface area contributed by atoms with Gasteiger partial charge in [0.25, 0.3) is 5.60 Å². The molecule has 19 heavy (non-hydrogen) atoms. The Bertz CT molecular complexity index is 429. The van der Waals surface area contributed by atoms with Gasteiger partial charge in [-0.15, -0.1) is 0 Å². The van der Waals surface area contributed by atoms with Crippen molar-refractivity contribution in [3.63, 3.8) is 0 Å². The van der Waals surface area contributed by atoms with Gasteiger partial charge in [0, 0.05) is 6.42 Å². The maximum atomic E-state index is 12.4. The van der Waals surface area contributed by atoms with E-state index in [1.807, 2.05) is 0 Å². The number of aliphatic hydroxyl groups is 1. The lowest BCUT2D eigenvalue weighted by atomic mass is 9.92. The molecule has 0 bridgehead atoms. The quantitative estimate of drug-likeness (QED) is 0.839. The van der Waals surface area contributed by atoms with Crippen LogP contribution in [0.25, 0.3) is 6.08 Å². The highest BCUT2D eigenvalue weighted by Crippen LogP contribution is 2.44. The Labute approximate surface area is 105 Å². The zero-order valence-corrected chi connectivity index (χ0v) is 9.52. The van der Waals surface area contributed by atoms with Crippen LogP contribution in [0.3, 0.4) is 0 Å². The zero-order chi connectivity index (χ0) is 14.9. The molecule has 0 unspecified atom stereocenters. The molecule has 7 heteroatoms. The minimum atomic E-state index is -5.80. The third-order valence-corrected chi connectivity index (χ3v) is 2.61. The summed E-state index contributed by atoms with van der Waals surface area (Å²) in [6.45, 7) is 3.40. The van der Waals surface area contributed by atoms with Gasteiger partial charge >= 0.3 is 12.4 Å². The molecule has 1 nitrogen and oxygen atoms in total. The molecule has 1 rings (SSSR count). The number of benzene rings is 1. The molecule has 0 amide bonds. The maximum absolute atomic E-state index is 12.4. The van der Waals surface area contributed by atoms with Gasteiger partial charge in [-0.3, -0.25) is 0 Å². The molecular formula is C12H10F6O. The molecule has 0 aliphatic heterocycles. The summed E-state index contributed by atoms with van der Waals surface area (Å²) < 4.78 is 74.7. The van der Waals surface area contributed by atoms with Gasteiger partial charge in [0.1, 0.15) is 0 Å². The van der Waals surface area contributed by atoms with Crippen molar-refractivity contribution in [1.29, 1.82) is 0 Å². The topological polar surface area (TPSA) is 20.2 Å². The molecule has 0 heterocycles. The minimum Gasteiger partial charge on any atom is -0.373 e. The molecule has 1 aromatic carbocycles. The summed E-state index contributed by atoms with van der Waals surface area (Å²) in [5, 5.41) is 8.99. The number of halogens is 6. The van der Waals surface area contributed by atoms with E-state index in [1.54, 1.807) is 0 Å². The fourth-order valence-electron chi connectivity index (χ4n) is 1.43. The van der Waals surface area contributed by atoms with E-state index in [9.17, 15) is 26.3 Å². The van der Waals surface area contributed by atoms with Crippen LogP contribution in [0.15, 0.2) is 30.8 Å². The minimum absolute atomic E-state index is 0.275. The van der Waals surface area contributed by atoms with E-state index in [2.05, 4.69) is 6.58 Å². The molecular weight excluding hydrogens is 274 g/mol. The Morgan fingerprint density at radius 2 is 1.37 bits per heavy atom. The van der Waals surface area contributed by atoms with E-state index < -0.39 is 24.4 Å². The van der Waals surface area contributed by atoms with Crippen LogP contribution < -0.4 is 0 Å². The lowest BCUT2D eigenvalue weighted by Gasteiger charge is -2.32. The van der Waals surface area contributed by atoms with Crippen molar-refractivity contribution in [2.75, 3.05) is 0 Å². The third-order valence-electron chi connectivity index (χ3n) is 2.61. The smallest absolute Gasteiger partial charge is 0.373 e. The third kappa shape index (κ3) is 3.09. The van der Waals surface area contributed by atoms with Crippen LogP contribution in [0, 0.1) is 0 Å². The SMILES string of the molecule is C=Cc1ccc(CC(O)(C(F)(F)F)C(F)(F)F)cc1. The van der Waals surface area contributed by atoms with Crippen LogP contribution in [0.4, 0.5) is 26.3 Å². The molecule has 106 valence electrons. The van der Waals surface area contributed by atoms with Crippen LogP contribution in [0.1, 0.15) is 11.1 Å². The summed E-state index contributed by atoms with van der Waals surface area (Å²) in [5.41, 5.74) is -4.48. The molecule has 0 spiro atoms. The lowest BCUT2D eigenvalue weighted by Crippen LogP contribution is -2.58. The van der Waals surface area contributed by atoms with E-state index >= 15 is 0 Å². The molecule has 0 saturated heterocycles. The van der Waals surface area contributed by atoms with Crippen LogP contribution in [0.5, 0.6) is 0 Å². The molecule has 0 atom stereocenters. The summed E-state index contributed by atoms with van der Waals surface area (Å²) in [4.78, 5) is 0. The van der Waals surface area contributed by atoms with Gasteiger partial charge in [0.2, 0.25) is 0 Å². The van der Waals surface area contributed by atoms with E-state index in [-0.39, 0.29) is 5.56 Å². The fourth-order valence-corrected chi connectivity index (χ4v) is 1.43. The summed E-state index contributed by atoms with van der Waals surface area (Å²) in [7, 11) is 0. The predicted octanol–water partition coefficient (Wildman–Crippen LogP) is 3.73. The average molecular weight is 284 g/mol. The summed E-state index contributed by atoms with van der Waals surface area (Å²) in [6.07, 6.45) is -11.8. The standard InChI is InChI=1S/C12H10F6O/c1-2-8-3-5-9(6-4-8)7-10(19,11(13,14)15)12(16,17)18/h2-6,19H,1,7H2. The second kappa shape index (κ2) is 4.88. The van der Waals surface area contributed by atoms with Gasteiger partial charge in [0.05, 0.1) is 0 Å². The van der Waals surface area contributed by atoms with Crippen molar-refractivity contribution in [1.82, 2.24) is 0 Å². The highest BCUT2D eigenvalue weighted by molar-refractivity contribution is 5.47. The maximum Gasteiger partial charge on any atom is 0.426 e. The van der Waals surface area contributed by atoms with Gasteiger partial charge in [0.15, 0.2) is 0 Å². The number of alkyl halides is 6. The van der Waals surface area contributed by atoms with Crippen LogP contribution in [0.2, 0.25) is 0 Å². The molecule has 0 aliphatic carbocycles. The highest BCUT2D eigenvalue weighted by Gasteiger charge is 2.70. The average Bonchev–Trinajstić information content (AvgIpc) is 2.27. The lowest BCUT2D eigenvalue weighted by molar-refractivity contribution is -0.367. The molecule has 0 saturated carbocycles. The van der Waals surface area contributed by atoms with Crippen molar-refractivity contribution in [2.45, 2.75) is 24.4 Å². The molecule has 1 aromatic rings. The van der Waals surface area contributed by atoms with E-state index in [4.69, 9.17) is 5.11 Å². The summed E-state index contributed by atoms with van der Waals surface area (Å²) in [5.74, 6) is 0. The fraction of sp³-hybridized carbons (Fsp3) is 0.333. The van der Waals surface area contributed by atoms with Crippen molar-refractivity contribution in [3.05, 3.63) is 42.0 Å². The first-order chi connectivity index (χ1) is 8.51. The summed E-state index contributed by atoms with van der Waals surface area (Å²) in [6, 6.07) is 4.80. The van der Waals surface area contributed by atoms with Gasteiger partial charge in [-0.25, -0.2) is 0 Å². The van der Waals surface area contributed by atoms with E-state index in [0.29, 0.717) is 5.56 Å². The normalized spacial score (nSPS) is 13.4. The first-order valence-corrected chi connectivity index (χ1v) is 5.08. The molecule has 0 aromatic heterocycles. The van der Waals surface area contributed by atoms with Crippen molar-refractivity contribution >= 4 is 6.08 Å². The molecule has 0 radical (unpaired) electrons. The van der Waals surface area contributed by atoms with E-state index in [0.717, 1.165) is 12.1 Å². The second-order valence-corrected chi connectivity index (χ2v) is 3.98. The summed E-state index contributed by atoms with van der Waals surface area (Å²) >= 11 is 0. The van der Waals surface area contributed by atoms with Crippen molar-refractivity contribution in [3.8, 4) is 0 Å². The number of hydrogen-bond donors (Lipinski definition) is 1. The molecule has 0 fully saturated rings. The van der Waals surface area contributed by atoms with Crippen LogP contribution in [-0.4, -0.2) is 23.1 Å². The Morgan fingerprint density at radius 3 is 1.68 bits per heavy atom. The van der Waals surface area contributed by atoms with E-state index in [1.165, 1.54) is 18.2 Å². The van der Waals surface area contributed by atoms with Gasteiger partial charge < -0.3 is 5.11 Å². The van der Waals surface area contributed by atoms with Crippen molar-refractivity contribution < 1.29 is 31.4 Å². The molecule has 1 N–H and O–H groups in total. The molecule has 0 aliphatic rings. The zero-order valence-electron chi connectivity index (χ0n) is 9.52. The van der Waals surface area contributed by atoms with Gasteiger partial charge in [-0.05, 0) is 11.1 Å². The Hall–Kier alpha value is -1.50.